The molecule has 0 saturated carbocycles. The summed E-state index contributed by atoms with van der Waals surface area (Å²) in [5, 5.41) is 2.49. The van der Waals surface area contributed by atoms with Crippen LogP contribution in [0.1, 0.15) is 37.4 Å². The van der Waals surface area contributed by atoms with Crippen LogP contribution >= 0.6 is 11.3 Å². The monoisotopic (exact) mass is 256 g/mol. The first kappa shape index (κ1) is 13.6. The number of amides is 1. The summed E-state index contributed by atoms with van der Waals surface area (Å²) < 4.78 is 5.06. The van der Waals surface area contributed by atoms with Gasteiger partial charge in [-0.15, -0.1) is 11.3 Å². The first-order valence-electron chi connectivity index (χ1n) is 5.22. The molecule has 0 aromatic carbocycles. The molecule has 0 radical (unpaired) electrons. The van der Waals surface area contributed by atoms with Crippen molar-refractivity contribution in [2.24, 2.45) is 0 Å². The first-order valence-corrected chi connectivity index (χ1v) is 6.10. The van der Waals surface area contributed by atoms with Gasteiger partial charge in [-0.2, -0.15) is 0 Å². The zero-order chi connectivity index (χ0) is 13.1. The van der Waals surface area contributed by atoms with E-state index in [9.17, 15) is 9.59 Å². The number of Topliss-reactive ketones (excluding diaryl/α,β-unsaturated/α-hetero) is 1. The van der Waals surface area contributed by atoms with E-state index in [4.69, 9.17) is 4.74 Å². The molecular formula is C11H16N2O3S. The molecule has 0 bridgehead atoms. The lowest BCUT2D eigenvalue weighted by Crippen LogP contribution is -2.41. The molecule has 5 nitrogen and oxygen atoms in total. The maximum absolute atomic E-state index is 11.8. The van der Waals surface area contributed by atoms with Gasteiger partial charge in [-0.05, 0) is 27.7 Å². The average molecular weight is 256 g/mol. The van der Waals surface area contributed by atoms with E-state index in [-0.39, 0.29) is 5.78 Å². The van der Waals surface area contributed by atoms with Crippen LogP contribution in [0.5, 0.6) is 0 Å². The summed E-state index contributed by atoms with van der Waals surface area (Å²) >= 11 is 1.25. The predicted octanol–water partition coefficient (Wildman–Crippen LogP) is 2.24. The Kier molecular flexibility index (Phi) is 4.22. The Morgan fingerprint density at radius 3 is 2.59 bits per heavy atom. The van der Waals surface area contributed by atoms with E-state index in [1.807, 2.05) is 0 Å². The molecule has 0 aliphatic carbocycles. The Bertz CT molecular complexity index is 395. The number of nitrogens with one attached hydrogen (secondary N) is 1. The molecule has 0 saturated heterocycles. The minimum absolute atomic E-state index is 0.168. The van der Waals surface area contributed by atoms with Crippen molar-refractivity contribution >= 4 is 23.2 Å². The quantitative estimate of drug-likeness (QED) is 0.842. The highest BCUT2D eigenvalue weighted by Gasteiger charge is 2.22. The fraction of sp³-hybridized carbons (Fsp3) is 0.545. The molecule has 1 N–H and O–H groups in total. The molecule has 0 aliphatic rings. The highest BCUT2D eigenvalue weighted by Crippen LogP contribution is 2.10. The van der Waals surface area contributed by atoms with E-state index in [1.165, 1.54) is 17.5 Å². The summed E-state index contributed by atoms with van der Waals surface area (Å²) in [6.07, 6.45) is 0.892. The molecule has 0 fully saturated rings. The fourth-order valence-electron chi connectivity index (χ4n) is 1.10. The summed E-state index contributed by atoms with van der Waals surface area (Å²) in [5.74, 6) is -0.168. The second-order valence-electron chi connectivity index (χ2n) is 4.60. The molecule has 1 aromatic heterocycles. The van der Waals surface area contributed by atoms with Crippen LogP contribution in [-0.2, 0) is 4.74 Å². The van der Waals surface area contributed by atoms with Crippen molar-refractivity contribution in [2.75, 3.05) is 0 Å². The molecule has 1 amide bonds. The number of nitrogens with zero attached hydrogens (tertiary/aromatic N) is 1. The number of carbonyl (C=O) groups is 2. The largest absolute Gasteiger partial charge is 0.444 e. The normalized spacial score (nSPS) is 12.9. The Hall–Kier alpha value is -1.43. The third-order valence-electron chi connectivity index (χ3n) is 1.80. The standard InChI is InChI=1S/C11H16N2O3S/c1-7(9(14)8-5-12-6-17-8)13-10(15)16-11(2,3)4/h5-7H,1-4H3,(H,13,15)/t7-/m1/s1. The molecular weight excluding hydrogens is 240 g/mol. The summed E-state index contributed by atoms with van der Waals surface area (Å²) in [7, 11) is 0. The summed E-state index contributed by atoms with van der Waals surface area (Å²) in [5.41, 5.74) is 1.00. The van der Waals surface area contributed by atoms with Gasteiger partial charge in [0.1, 0.15) is 5.60 Å². The van der Waals surface area contributed by atoms with Crippen molar-refractivity contribution in [1.82, 2.24) is 10.3 Å². The van der Waals surface area contributed by atoms with E-state index in [0.717, 1.165) is 0 Å². The van der Waals surface area contributed by atoms with Crippen molar-refractivity contribution in [1.29, 1.82) is 0 Å². The molecule has 6 heteroatoms. The van der Waals surface area contributed by atoms with E-state index in [1.54, 1.807) is 33.2 Å². The Balaban J connectivity index is 2.52. The number of hydrogen-bond donors (Lipinski definition) is 1. The van der Waals surface area contributed by atoms with Crippen molar-refractivity contribution < 1.29 is 14.3 Å². The Morgan fingerprint density at radius 2 is 2.12 bits per heavy atom. The third-order valence-corrected chi connectivity index (χ3v) is 2.59. The number of ketones is 1. The molecule has 0 unspecified atom stereocenters. The lowest BCUT2D eigenvalue weighted by Gasteiger charge is -2.21. The van der Waals surface area contributed by atoms with Crippen LogP contribution in [0.25, 0.3) is 0 Å². The van der Waals surface area contributed by atoms with E-state index < -0.39 is 17.7 Å². The average Bonchev–Trinajstić information content (AvgIpc) is 2.65. The van der Waals surface area contributed by atoms with Gasteiger partial charge in [0, 0.05) is 6.20 Å². The number of alkyl carbamates (subject to hydrolysis) is 1. The molecule has 17 heavy (non-hydrogen) atoms. The number of carbonyl (C=O) groups excluding carboxylic acids is 2. The van der Waals surface area contributed by atoms with Crippen LogP contribution in [0, 0.1) is 0 Å². The summed E-state index contributed by atoms with van der Waals surface area (Å²) in [6.45, 7) is 6.92. The molecule has 1 heterocycles. The second-order valence-corrected chi connectivity index (χ2v) is 5.48. The van der Waals surface area contributed by atoms with Crippen LogP contribution in [0.2, 0.25) is 0 Å². The SMILES string of the molecule is C[C@@H](NC(=O)OC(C)(C)C)C(=O)c1cncs1. The van der Waals surface area contributed by atoms with Crippen LogP contribution in [0.4, 0.5) is 4.79 Å². The van der Waals surface area contributed by atoms with Gasteiger partial charge >= 0.3 is 6.09 Å². The maximum atomic E-state index is 11.8. The van der Waals surface area contributed by atoms with Gasteiger partial charge in [0.2, 0.25) is 0 Å². The summed E-state index contributed by atoms with van der Waals surface area (Å²) in [6, 6.07) is -0.620. The first-order chi connectivity index (χ1) is 7.79. The third kappa shape index (κ3) is 4.52. The van der Waals surface area contributed by atoms with Crippen LogP contribution < -0.4 is 5.32 Å². The molecule has 1 atom stereocenters. The van der Waals surface area contributed by atoms with Gasteiger partial charge < -0.3 is 10.1 Å². The number of rotatable bonds is 3. The second kappa shape index (κ2) is 5.27. The molecule has 0 aliphatic heterocycles. The molecule has 0 spiro atoms. The van der Waals surface area contributed by atoms with Crippen LogP contribution in [-0.4, -0.2) is 28.5 Å². The van der Waals surface area contributed by atoms with Crippen molar-refractivity contribution in [3.8, 4) is 0 Å². The number of ether oxygens (including phenoxy) is 1. The van der Waals surface area contributed by atoms with Gasteiger partial charge in [0.05, 0.1) is 16.4 Å². The van der Waals surface area contributed by atoms with Gasteiger partial charge in [-0.1, -0.05) is 0 Å². The van der Waals surface area contributed by atoms with E-state index in [0.29, 0.717) is 4.88 Å². The minimum Gasteiger partial charge on any atom is -0.444 e. The van der Waals surface area contributed by atoms with E-state index in [2.05, 4.69) is 10.3 Å². The van der Waals surface area contributed by atoms with Crippen LogP contribution in [0.15, 0.2) is 11.7 Å². The molecule has 1 aromatic rings. The van der Waals surface area contributed by atoms with Crippen LogP contribution in [0.3, 0.4) is 0 Å². The number of aromatic nitrogens is 1. The van der Waals surface area contributed by atoms with Gasteiger partial charge in [0.15, 0.2) is 5.78 Å². The van der Waals surface area contributed by atoms with Gasteiger partial charge in [0.25, 0.3) is 0 Å². The predicted molar refractivity (Wildman–Crippen MR) is 65.3 cm³/mol. The minimum atomic E-state index is -0.620. The molecule has 94 valence electrons. The zero-order valence-corrected chi connectivity index (χ0v) is 11.1. The molecule has 1 rings (SSSR count). The lowest BCUT2D eigenvalue weighted by molar-refractivity contribution is 0.0497. The summed E-state index contributed by atoms with van der Waals surface area (Å²) in [4.78, 5) is 27.6. The topological polar surface area (TPSA) is 68.3 Å². The highest BCUT2D eigenvalue weighted by molar-refractivity contribution is 7.11. The maximum Gasteiger partial charge on any atom is 0.408 e. The Labute approximate surface area is 104 Å². The van der Waals surface area contributed by atoms with Crippen molar-refractivity contribution in [2.45, 2.75) is 39.3 Å². The highest BCUT2D eigenvalue weighted by atomic mass is 32.1. The van der Waals surface area contributed by atoms with Crippen molar-refractivity contribution in [3.05, 3.63) is 16.6 Å². The fourth-order valence-corrected chi connectivity index (χ4v) is 1.75. The van der Waals surface area contributed by atoms with Gasteiger partial charge in [-0.3, -0.25) is 9.78 Å². The number of thiazole rings is 1. The van der Waals surface area contributed by atoms with Gasteiger partial charge in [-0.25, -0.2) is 4.79 Å². The zero-order valence-electron chi connectivity index (χ0n) is 10.3. The number of hydrogen-bond acceptors (Lipinski definition) is 5. The lowest BCUT2D eigenvalue weighted by atomic mass is 10.2. The van der Waals surface area contributed by atoms with E-state index >= 15 is 0 Å². The Morgan fingerprint density at radius 1 is 1.47 bits per heavy atom. The van der Waals surface area contributed by atoms with Crippen molar-refractivity contribution in [3.63, 3.8) is 0 Å². The smallest absolute Gasteiger partial charge is 0.408 e.